The van der Waals surface area contributed by atoms with Crippen LogP contribution in [-0.2, 0) is 5.67 Å². The lowest BCUT2D eigenvalue weighted by atomic mass is 9.86. The lowest BCUT2D eigenvalue weighted by Crippen LogP contribution is -2.36. The first-order chi connectivity index (χ1) is 6.71. The molecule has 1 saturated heterocycles. The number of hydrogen-bond donors (Lipinski definition) is 1. The number of piperidine rings is 1. The predicted molar refractivity (Wildman–Crippen MR) is 56.1 cm³/mol. The van der Waals surface area contributed by atoms with Crippen LogP contribution in [-0.4, -0.2) is 13.1 Å². The summed E-state index contributed by atoms with van der Waals surface area (Å²) in [6, 6.07) is 7.81. The molecule has 1 N–H and O–H groups in total. The van der Waals surface area contributed by atoms with Crippen LogP contribution >= 0.6 is 0 Å². The lowest BCUT2D eigenvalue weighted by molar-refractivity contribution is 0.115. The number of alkyl halides is 1. The van der Waals surface area contributed by atoms with Gasteiger partial charge < -0.3 is 5.32 Å². The van der Waals surface area contributed by atoms with Gasteiger partial charge in [-0.15, -0.1) is 0 Å². The minimum absolute atomic E-state index is 0.594. The molecule has 14 heavy (non-hydrogen) atoms. The van der Waals surface area contributed by atoms with Crippen molar-refractivity contribution in [2.75, 3.05) is 13.1 Å². The summed E-state index contributed by atoms with van der Waals surface area (Å²) in [5, 5.41) is 3.18. The predicted octanol–water partition coefficient (Wildman–Crippen LogP) is 2.54. The van der Waals surface area contributed by atoms with Gasteiger partial charge in [0.25, 0.3) is 0 Å². The SMILES string of the molecule is Cc1cccc(C2(F)CCNCC2)c1. The summed E-state index contributed by atoms with van der Waals surface area (Å²) in [4.78, 5) is 0. The van der Waals surface area contributed by atoms with Crippen LogP contribution in [0.15, 0.2) is 24.3 Å². The fourth-order valence-electron chi connectivity index (χ4n) is 2.04. The molecule has 1 aliphatic rings. The molecule has 0 aromatic heterocycles. The molecule has 0 saturated carbocycles. The molecule has 1 aliphatic heterocycles. The fraction of sp³-hybridized carbons (Fsp3) is 0.500. The minimum atomic E-state index is -1.10. The Morgan fingerprint density at radius 3 is 2.64 bits per heavy atom. The summed E-state index contributed by atoms with van der Waals surface area (Å²) < 4.78 is 14.4. The number of nitrogens with one attached hydrogen (secondary N) is 1. The second kappa shape index (κ2) is 3.70. The molecule has 1 nitrogen and oxygen atoms in total. The van der Waals surface area contributed by atoms with Crippen LogP contribution in [0.2, 0.25) is 0 Å². The maximum atomic E-state index is 14.4. The van der Waals surface area contributed by atoms with E-state index in [4.69, 9.17) is 0 Å². The Morgan fingerprint density at radius 1 is 1.29 bits per heavy atom. The van der Waals surface area contributed by atoms with Crippen LogP contribution in [0.3, 0.4) is 0 Å². The largest absolute Gasteiger partial charge is 0.316 e. The molecule has 1 heterocycles. The van der Waals surface area contributed by atoms with Gasteiger partial charge >= 0.3 is 0 Å². The average Bonchev–Trinajstić information content (AvgIpc) is 2.19. The lowest BCUT2D eigenvalue weighted by Gasteiger charge is -2.30. The molecular formula is C12H16FN. The van der Waals surface area contributed by atoms with Gasteiger partial charge in [-0.3, -0.25) is 0 Å². The number of hydrogen-bond acceptors (Lipinski definition) is 1. The van der Waals surface area contributed by atoms with E-state index in [0.29, 0.717) is 12.8 Å². The third-order valence-corrected chi connectivity index (χ3v) is 2.93. The Bertz CT molecular complexity index is 316. The summed E-state index contributed by atoms with van der Waals surface area (Å²) in [5.41, 5.74) is 0.883. The van der Waals surface area contributed by atoms with Gasteiger partial charge in [-0.2, -0.15) is 0 Å². The van der Waals surface area contributed by atoms with Gasteiger partial charge in [0.1, 0.15) is 5.67 Å². The molecule has 0 atom stereocenters. The van der Waals surface area contributed by atoms with E-state index in [9.17, 15) is 4.39 Å². The van der Waals surface area contributed by atoms with Crippen LogP contribution in [0.4, 0.5) is 4.39 Å². The van der Waals surface area contributed by atoms with Crippen LogP contribution in [0.5, 0.6) is 0 Å². The molecule has 1 aromatic carbocycles. The molecule has 0 spiro atoms. The van der Waals surface area contributed by atoms with Crippen LogP contribution in [0.25, 0.3) is 0 Å². The highest BCUT2D eigenvalue weighted by Crippen LogP contribution is 2.34. The molecule has 1 fully saturated rings. The normalized spacial score (nSPS) is 20.7. The molecule has 0 unspecified atom stereocenters. The summed E-state index contributed by atoms with van der Waals surface area (Å²) in [6.45, 7) is 3.57. The maximum Gasteiger partial charge on any atom is 0.138 e. The number of benzene rings is 1. The number of rotatable bonds is 1. The zero-order valence-electron chi connectivity index (χ0n) is 8.52. The smallest absolute Gasteiger partial charge is 0.138 e. The monoisotopic (exact) mass is 193 g/mol. The van der Waals surface area contributed by atoms with Gasteiger partial charge in [-0.1, -0.05) is 29.8 Å². The Labute approximate surface area is 84.3 Å². The second-order valence-electron chi connectivity index (χ2n) is 4.08. The van der Waals surface area contributed by atoms with Gasteiger partial charge in [0.15, 0.2) is 0 Å². The highest BCUT2D eigenvalue weighted by Gasteiger charge is 2.33. The van der Waals surface area contributed by atoms with Crippen molar-refractivity contribution in [3.05, 3.63) is 35.4 Å². The van der Waals surface area contributed by atoms with Crippen molar-refractivity contribution >= 4 is 0 Å². The maximum absolute atomic E-state index is 14.4. The van der Waals surface area contributed by atoms with Crippen LogP contribution < -0.4 is 5.32 Å². The third kappa shape index (κ3) is 1.80. The summed E-state index contributed by atoms with van der Waals surface area (Å²) >= 11 is 0. The zero-order chi connectivity index (χ0) is 10.0. The highest BCUT2D eigenvalue weighted by atomic mass is 19.1. The molecule has 0 bridgehead atoms. The number of halogens is 1. The first kappa shape index (κ1) is 9.66. The first-order valence-corrected chi connectivity index (χ1v) is 5.17. The van der Waals surface area contributed by atoms with Crippen molar-refractivity contribution in [3.8, 4) is 0 Å². The van der Waals surface area contributed by atoms with Gasteiger partial charge in [-0.25, -0.2) is 4.39 Å². The van der Waals surface area contributed by atoms with E-state index < -0.39 is 5.67 Å². The number of aryl methyl sites for hydroxylation is 1. The quantitative estimate of drug-likeness (QED) is 0.722. The standard InChI is InChI=1S/C12H16FN/c1-10-3-2-4-11(9-10)12(13)5-7-14-8-6-12/h2-4,9,14H,5-8H2,1H3. The van der Waals surface area contributed by atoms with E-state index in [0.717, 1.165) is 24.2 Å². The van der Waals surface area contributed by atoms with Gasteiger partial charge in [0.2, 0.25) is 0 Å². The molecule has 0 amide bonds. The highest BCUT2D eigenvalue weighted by molar-refractivity contribution is 5.28. The fourth-order valence-corrected chi connectivity index (χ4v) is 2.04. The molecule has 0 aliphatic carbocycles. The van der Waals surface area contributed by atoms with Gasteiger partial charge in [0, 0.05) is 0 Å². The topological polar surface area (TPSA) is 12.0 Å². The molecule has 1 aromatic rings. The Balaban J connectivity index is 2.28. The van der Waals surface area contributed by atoms with Gasteiger partial charge in [-0.05, 0) is 38.4 Å². The minimum Gasteiger partial charge on any atom is -0.316 e. The second-order valence-corrected chi connectivity index (χ2v) is 4.08. The summed E-state index contributed by atoms with van der Waals surface area (Å²) in [7, 11) is 0. The van der Waals surface area contributed by atoms with Crippen molar-refractivity contribution in [1.82, 2.24) is 5.32 Å². The van der Waals surface area contributed by atoms with Crippen molar-refractivity contribution in [3.63, 3.8) is 0 Å². The summed E-state index contributed by atoms with van der Waals surface area (Å²) in [6.07, 6.45) is 1.19. The molecule has 0 radical (unpaired) electrons. The van der Waals surface area contributed by atoms with Crippen LogP contribution in [0.1, 0.15) is 24.0 Å². The summed E-state index contributed by atoms with van der Waals surface area (Å²) in [5.74, 6) is 0. The van der Waals surface area contributed by atoms with E-state index in [2.05, 4.69) is 5.32 Å². The molecule has 76 valence electrons. The van der Waals surface area contributed by atoms with E-state index in [-0.39, 0.29) is 0 Å². The van der Waals surface area contributed by atoms with Crippen molar-refractivity contribution < 1.29 is 4.39 Å². The molecule has 2 heteroatoms. The van der Waals surface area contributed by atoms with Gasteiger partial charge in [0.05, 0.1) is 0 Å². The van der Waals surface area contributed by atoms with E-state index in [1.54, 1.807) is 0 Å². The van der Waals surface area contributed by atoms with Crippen molar-refractivity contribution in [2.24, 2.45) is 0 Å². The average molecular weight is 193 g/mol. The van der Waals surface area contributed by atoms with E-state index >= 15 is 0 Å². The van der Waals surface area contributed by atoms with Crippen molar-refractivity contribution in [2.45, 2.75) is 25.4 Å². The molecular weight excluding hydrogens is 177 g/mol. The van der Waals surface area contributed by atoms with E-state index in [1.807, 2.05) is 31.2 Å². The zero-order valence-corrected chi connectivity index (χ0v) is 8.52. The Kier molecular flexibility index (Phi) is 2.55. The molecule has 2 rings (SSSR count). The third-order valence-electron chi connectivity index (χ3n) is 2.93. The van der Waals surface area contributed by atoms with Crippen LogP contribution in [0, 0.1) is 6.92 Å². The van der Waals surface area contributed by atoms with E-state index in [1.165, 1.54) is 0 Å². The van der Waals surface area contributed by atoms with Crippen molar-refractivity contribution in [1.29, 1.82) is 0 Å². The Morgan fingerprint density at radius 2 is 2.00 bits per heavy atom. The first-order valence-electron chi connectivity index (χ1n) is 5.17. The Hall–Kier alpha value is -0.890.